The van der Waals surface area contributed by atoms with E-state index < -0.39 is 5.95 Å². The lowest BCUT2D eigenvalue weighted by Gasteiger charge is -2.13. The van der Waals surface area contributed by atoms with Gasteiger partial charge in [0.25, 0.3) is 5.91 Å². The van der Waals surface area contributed by atoms with Crippen molar-refractivity contribution in [2.45, 2.75) is 46.0 Å². The number of halogens is 1. The number of hydrogen-bond donors (Lipinski definition) is 1. The highest BCUT2D eigenvalue weighted by molar-refractivity contribution is 5.93. The monoisotopic (exact) mass is 266 g/mol. The van der Waals surface area contributed by atoms with E-state index in [9.17, 15) is 9.18 Å². The van der Waals surface area contributed by atoms with E-state index in [-0.39, 0.29) is 5.91 Å². The highest BCUT2D eigenvalue weighted by Crippen LogP contribution is 2.16. The van der Waals surface area contributed by atoms with E-state index in [0.29, 0.717) is 12.1 Å². The lowest BCUT2D eigenvalue weighted by molar-refractivity contribution is 0.0951. The van der Waals surface area contributed by atoms with Gasteiger partial charge >= 0.3 is 0 Å². The van der Waals surface area contributed by atoms with E-state index in [1.165, 1.54) is 31.5 Å². The van der Waals surface area contributed by atoms with Gasteiger partial charge in [0.05, 0.1) is 0 Å². The van der Waals surface area contributed by atoms with Crippen LogP contribution in [0.4, 0.5) is 4.39 Å². The summed E-state index contributed by atoms with van der Waals surface area (Å²) in [4.78, 5) is 15.2. The van der Waals surface area contributed by atoms with Crippen molar-refractivity contribution in [2.24, 2.45) is 5.92 Å². The first-order valence-corrected chi connectivity index (χ1v) is 7.07. The summed E-state index contributed by atoms with van der Waals surface area (Å²) in [6.45, 7) is 5.05. The molecule has 1 heterocycles. The van der Waals surface area contributed by atoms with Gasteiger partial charge < -0.3 is 5.32 Å². The number of carbonyl (C=O) groups excluding carboxylic acids is 1. The summed E-state index contributed by atoms with van der Waals surface area (Å²) in [6.07, 6.45) is 7.06. The fraction of sp³-hybridized carbons (Fsp3) is 0.600. The molecule has 0 radical (unpaired) electrons. The van der Waals surface area contributed by atoms with Crippen LogP contribution in [0, 0.1) is 11.9 Å². The Morgan fingerprint density at radius 1 is 1.42 bits per heavy atom. The molecule has 0 saturated carbocycles. The van der Waals surface area contributed by atoms with Crippen LogP contribution in [-0.4, -0.2) is 17.4 Å². The Hall–Kier alpha value is -1.45. The molecule has 1 aromatic heterocycles. The normalized spacial score (nSPS) is 12.2. The first-order chi connectivity index (χ1) is 9.17. The fourth-order valence-corrected chi connectivity index (χ4v) is 2.20. The maximum atomic E-state index is 12.9. The number of aromatic nitrogens is 1. The van der Waals surface area contributed by atoms with Crippen molar-refractivity contribution in [2.75, 3.05) is 6.54 Å². The van der Waals surface area contributed by atoms with Gasteiger partial charge in [0.2, 0.25) is 5.95 Å². The van der Waals surface area contributed by atoms with Crippen LogP contribution in [-0.2, 0) is 0 Å². The van der Waals surface area contributed by atoms with Gasteiger partial charge in [0.1, 0.15) is 0 Å². The van der Waals surface area contributed by atoms with Crippen LogP contribution in [0.5, 0.6) is 0 Å². The van der Waals surface area contributed by atoms with E-state index in [1.807, 2.05) is 0 Å². The van der Waals surface area contributed by atoms with Gasteiger partial charge in [-0.25, -0.2) is 4.98 Å². The summed E-state index contributed by atoms with van der Waals surface area (Å²) >= 11 is 0. The number of carbonyl (C=O) groups is 1. The van der Waals surface area contributed by atoms with Crippen LogP contribution >= 0.6 is 0 Å². The molecule has 0 aliphatic rings. The largest absolute Gasteiger partial charge is 0.352 e. The van der Waals surface area contributed by atoms with Crippen molar-refractivity contribution in [3.05, 3.63) is 29.8 Å². The Balaban J connectivity index is 2.27. The topological polar surface area (TPSA) is 42.0 Å². The molecular formula is C15H23FN2O. The molecule has 1 N–H and O–H groups in total. The van der Waals surface area contributed by atoms with Crippen LogP contribution in [0.25, 0.3) is 0 Å². The van der Waals surface area contributed by atoms with Gasteiger partial charge in [-0.05, 0) is 24.8 Å². The third kappa shape index (κ3) is 5.81. The predicted molar refractivity (Wildman–Crippen MR) is 74.5 cm³/mol. The van der Waals surface area contributed by atoms with E-state index in [2.05, 4.69) is 24.1 Å². The molecule has 106 valence electrons. The molecule has 0 aliphatic carbocycles. The lowest BCUT2D eigenvalue weighted by atomic mass is 9.95. The highest BCUT2D eigenvalue weighted by atomic mass is 19.1. The maximum Gasteiger partial charge on any atom is 0.251 e. The zero-order chi connectivity index (χ0) is 14.1. The van der Waals surface area contributed by atoms with Crippen molar-refractivity contribution >= 4 is 5.91 Å². The summed E-state index contributed by atoms with van der Waals surface area (Å²) in [6, 6.07) is 2.67. The van der Waals surface area contributed by atoms with E-state index in [0.717, 1.165) is 24.8 Å². The van der Waals surface area contributed by atoms with E-state index in [1.54, 1.807) is 0 Å². The van der Waals surface area contributed by atoms with Crippen molar-refractivity contribution in [3.8, 4) is 0 Å². The zero-order valence-electron chi connectivity index (χ0n) is 11.8. The average molecular weight is 266 g/mol. The molecule has 0 aliphatic heterocycles. The number of amides is 1. The average Bonchev–Trinajstić information content (AvgIpc) is 2.42. The lowest BCUT2D eigenvalue weighted by Crippen LogP contribution is -2.25. The fourth-order valence-electron chi connectivity index (χ4n) is 2.20. The molecular weight excluding hydrogens is 243 g/mol. The van der Waals surface area contributed by atoms with Gasteiger partial charge in [-0.1, -0.05) is 33.1 Å². The second-order valence-electron chi connectivity index (χ2n) is 4.83. The van der Waals surface area contributed by atoms with Gasteiger partial charge in [0, 0.05) is 24.4 Å². The Bertz CT molecular complexity index is 395. The minimum Gasteiger partial charge on any atom is -0.352 e. The van der Waals surface area contributed by atoms with Gasteiger partial charge in [-0.3, -0.25) is 4.79 Å². The second-order valence-corrected chi connectivity index (χ2v) is 4.83. The molecule has 19 heavy (non-hydrogen) atoms. The second kappa shape index (κ2) is 8.62. The summed E-state index contributed by atoms with van der Waals surface area (Å²) in [5, 5.41) is 2.81. The minimum atomic E-state index is -0.623. The Labute approximate surface area is 114 Å². The van der Waals surface area contributed by atoms with Gasteiger partial charge in [-0.15, -0.1) is 0 Å². The van der Waals surface area contributed by atoms with Crippen LogP contribution in [0.15, 0.2) is 18.3 Å². The molecule has 1 aromatic rings. The molecule has 1 amide bonds. The molecule has 3 nitrogen and oxygen atoms in total. The minimum absolute atomic E-state index is 0.232. The SMILES string of the molecule is CCCC(CC)CCCNC(=O)c1ccnc(F)c1. The quantitative estimate of drug-likeness (QED) is 0.577. The number of nitrogens with one attached hydrogen (secondary N) is 1. The molecule has 4 heteroatoms. The smallest absolute Gasteiger partial charge is 0.251 e. The van der Waals surface area contributed by atoms with E-state index in [4.69, 9.17) is 0 Å². The molecule has 0 aromatic carbocycles. The number of rotatable bonds is 8. The van der Waals surface area contributed by atoms with Crippen molar-refractivity contribution in [1.82, 2.24) is 10.3 Å². The summed E-state index contributed by atoms with van der Waals surface area (Å²) in [5.41, 5.74) is 0.327. The number of pyridine rings is 1. The molecule has 0 bridgehead atoms. The third-order valence-corrected chi connectivity index (χ3v) is 3.34. The zero-order valence-corrected chi connectivity index (χ0v) is 11.8. The number of nitrogens with zero attached hydrogens (tertiary/aromatic N) is 1. The third-order valence-electron chi connectivity index (χ3n) is 3.34. The standard InChI is InChI=1S/C15H23FN2O/c1-3-6-12(4-2)7-5-9-18-15(19)13-8-10-17-14(16)11-13/h8,10-12H,3-7,9H2,1-2H3,(H,18,19). The molecule has 1 rings (SSSR count). The van der Waals surface area contributed by atoms with E-state index >= 15 is 0 Å². The molecule has 0 saturated heterocycles. The molecule has 0 spiro atoms. The van der Waals surface area contributed by atoms with Crippen molar-refractivity contribution in [3.63, 3.8) is 0 Å². The van der Waals surface area contributed by atoms with Crippen molar-refractivity contribution < 1.29 is 9.18 Å². The van der Waals surface area contributed by atoms with Crippen LogP contribution < -0.4 is 5.32 Å². The highest BCUT2D eigenvalue weighted by Gasteiger charge is 2.08. The predicted octanol–water partition coefficient (Wildman–Crippen LogP) is 3.56. The Morgan fingerprint density at radius 2 is 2.21 bits per heavy atom. The molecule has 1 atom stereocenters. The number of hydrogen-bond acceptors (Lipinski definition) is 2. The summed E-state index contributed by atoms with van der Waals surface area (Å²) < 4.78 is 12.9. The van der Waals surface area contributed by atoms with Crippen LogP contribution in [0.1, 0.15) is 56.3 Å². The Kier molecular flexibility index (Phi) is 7.08. The first kappa shape index (κ1) is 15.6. The first-order valence-electron chi connectivity index (χ1n) is 7.07. The molecule has 1 unspecified atom stereocenters. The van der Waals surface area contributed by atoms with Crippen molar-refractivity contribution in [1.29, 1.82) is 0 Å². The Morgan fingerprint density at radius 3 is 2.84 bits per heavy atom. The van der Waals surface area contributed by atoms with Gasteiger partial charge in [0.15, 0.2) is 0 Å². The van der Waals surface area contributed by atoms with Crippen LogP contribution in [0.3, 0.4) is 0 Å². The summed E-state index contributed by atoms with van der Waals surface area (Å²) in [5.74, 6) is -0.105. The van der Waals surface area contributed by atoms with Gasteiger partial charge in [-0.2, -0.15) is 4.39 Å². The summed E-state index contributed by atoms with van der Waals surface area (Å²) in [7, 11) is 0. The maximum absolute atomic E-state index is 12.9. The molecule has 0 fully saturated rings. The van der Waals surface area contributed by atoms with Crippen LogP contribution in [0.2, 0.25) is 0 Å².